The highest BCUT2D eigenvalue weighted by atomic mass is 32.1. The van der Waals surface area contributed by atoms with Crippen molar-refractivity contribution in [3.8, 4) is 17.7 Å². The first-order chi connectivity index (χ1) is 10.1. The first-order valence-corrected chi connectivity index (χ1v) is 6.84. The molecule has 0 fully saturated rings. The van der Waals surface area contributed by atoms with E-state index in [2.05, 4.69) is 27.1 Å². The number of ether oxygens (including phenoxy) is 1. The molecule has 0 atom stereocenters. The van der Waals surface area contributed by atoms with E-state index in [1.54, 1.807) is 25.1 Å². The number of aryl methyl sites for hydroxylation is 1. The molecule has 0 radical (unpaired) electrons. The van der Waals surface area contributed by atoms with E-state index in [1.165, 1.54) is 18.4 Å². The van der Waals surface area contributed by atoms with Gasteiger partial charge in [0, 0.05) is 11.8 Å². The lowest BCUT2D eigenvalue weighted by atomic mass is 10.4. The lowest BCUT2D eigenvalue weighted by Crippen LogP contribution is -2.13. The standard InChI is InChI=1S/C14H13N3O3S/c1-9-8-12(20-2)16-14(15-9)17-13(19)11-6-5-10(21-11)4-3-7-18/h5-6,8,18H,7H2,1-2H3,(H,15,16,17,19). The van der Waals surface area contributed by atoms with E-state index in [9.17, 15) is 4.79 Å². The zero-order chi connectivity index (χ0) is 15.2. The molecule has 0 unspecified atom stereocenters. The molecule has 0 aliphatic heterocycles. The van der Waals surface area contributed by atoms with Crippen molar-refractivity contribution in [2.45, 2.75) is 6.92 Å². The second-order valence-corrected chi connectivity index (χ2v) is 5.04. The summed E-state index contributed by atoms with van der Waals surface area (Å²) in [5.41, 5.74) is 0.692. The number of nitrogens with zero attached hydrogens (tertiary/aromatic N) is 2. The molecule has 0 saturated heterocycles. The van der Waals surface area contributed by atoms with Crippen LogP contribution < -0.4 is 10.1 Å². The summed E-state index contributed by atoms with van der Waals surface area (Å²) in [5, 5.41) is 11.3. The van der Waals surface area contributed by atoms with Gasteiger partial charge in [0.2, 0.25) is 11.8 Å². The number of thiophene rings is 1. The Kier molecular flexibility index (Phi) is 4.87. The lowest BCUT2D eigenvalue weighted by Gasteiger charge is -2.05. The van der Waals surface area contributed by atoms with Gasteiger partial charge in [-0.1, -0.05) is 11.8 Å². The average molecular weight is 303 g/mol. The summed E-state index contributed by atoms with van der Waals surface area (Å²) in [5.74, 6) is 5.54. The number of methoxy groups -OCH3 is 1. The molecule has 0 saturated carbocycles. The first kappa shape index (κ1) is 15.0. The molecule has 0 aliphatic carbocycles. The lowest BCUT2D eigenvalue weighted by molar-refractivity contribution is 0.102. The number of carbonyl (C=O) groups is 1. The molecule has 0 aromatic carbocycles. The van der Waals surface area contributed by atoms with Crippen LogP contribution in [0.2, 0.25) is 0 Å². The molecule has 2 aromatic heterocycles. The van der Waals surface area contributed by atoms with E-state index < -0.39 is 0 Å². The van der Waals surface area contributed by atoms with Crippen LogP contribution in [0, 0.1) is 18.8 Å². The number of nitrogens with one attached hydrogen (secondary N) is 1. The molecule has 2 N–H and O–H groups in total. The van der Waals surface area contributed by atoms with Gasteiger partial charge >= 0.3 is 0 Å². The summed E-state index contributed by atoms with van der Waals surface area (Å²) in [4.78, 5) is 21.5. The van der Waals surface area contributed by atoms with Crippen molar-refractivity contribution in [2.24, 2.45) is 0 Å². The second kappa shape index (κ2) is 6.83. The summed E-state index contributed by atoms with van der Waals surface area (Å²) >= 11 is 1.23. The van der Waals surface area contributed by atoms with Crippen molar-refractivity contribution in [2.75, 3.05) is 19.0 Å². The maximum absolute atomic E-state index is 12.1. The summed E-state index contributed by atoms with van der Waals surface area (Å²) < 4.78 is 5.03. The smallest absolute Gasteiger partial charge is 0.268 e. The van der Waals surface area contributed by atoms with Crippen LogP contribution in [0.4, 0.5) is 5.95 Å². The quantitative estimate of drug-likeness (QED) is 0.838. The largest absolute Gasteiger partial charge is 0.481 e. The van der Waals surface area contributed by atoms with Crippen LogP contribution in [0.1, 0.15) is 20.2 Å². The summed E-state index contributed by atoms with van der Waals surface area (Å²) in [6.07, 6.45) is 0. The summed E-state index contributed by atoms with van der Waals surface area (Å²) in [6.45, 7) is 1.57. The van der Waals surface area contributed by atoms with Gasteiger partial charge in [-0.2, -0.15) is 4.98 Å². The van der Waals surface area contributed by atoms with Crippen LogP contribution in [0.25, 0.3) is 0 Å². The third kappa shape index (κ3) is 4.02. The Hall–Kier alpha value is -2.43. The predicted molar refractivity (Wildman–Crippen MR) is 79.6 cm³/mol. The topological polar surface area (TPSA) is 84.3 Å². The molecule has 2 rings (SSSR count). The number of aromatic nitrogens is 2. The SMILES string of the molecule is COc1cc(C)nc(NC(=O)c2ccc(C#CCO)s2)n1. The average Bonchev–Trinajstić information content (AvgIpc) is 2.93. The number of anilines is 1. The van der Waals surface area contributed by atoms with Crippen LogP contribution >= 0.6 is 11.3 Å². The molecule has 0 aliphatic rings. The molecule has 21 heavy (non-hydrogen) atoms. The normalized spacial score (nSPS) is 9.67. The fraction of sp³-hybridized carbons (Fsp3) is 0.214. The van der Waals surface area contributed by atoms with Gasteiger partial charge < -0.3 is 9.84 Å². The zero-order valence-electron chi connectivity index (χ0n) is 11.5. The monoisotopic (exact) mass is 303 g/mol. The van der Waals surface area contributed by atoms with Gasteiger partial charge in [0.15, 0.2) is 0 Å². The van der Waals surface area contributed by atoms with E-state index >= 15 is 0 Å². The third-order valence-corrected chi connectivity index (χ3v) is 3.39. The first-order valence-electron chi connectivity index (χ1n) is 6.03. The fourth-order valence-electron chi connectivity index (χ4n) is 1.52. The van der Waals surface area contributed by atoms with E-state index in [0.29, 0.717) is 21.3 Å². The molecule has 108 valence electrons. The number of amides is 1. The maximum Gasteiger partial charge on any atom is 0.268 e. The zero-order valence-corrected chi connectivity index (χ0v) is 12.3. The van der Waals surface area contributed by atoms with Crippen molar-refractivity contribution in [1.29, 1.82) is 0 Å². The van der Waals surface area contributed by atoms with E-state index in [-0.39, 0.29) is 18.5 Å². The minimum Gasteiger partial charge on any atom is -0.481 e. The van der Waals surface area contributed by atoms with Crippen LogP contribution in [-0.4, -0.2) is 34.7 Å². The fourth-order valence-corrected chi connectivity index (χ4v) is 2.29. The van der Waals surface area contributed by atoms with Gasteiger partial charge in [0.1, 0.15) is 6.61 Å². The van der Waals surface area contributed by atoms with Gasteiger partial charge in [0.05, 0.1) is 16.9 Å². The van der Waals surface area contributed by atoms with Gasteiger partial charge in [-0.05, 0) is 19.1 Å². The van der Waals surface area contributed by atoms with Gasteiger partial charge in [-0.25, -0.2) is 4.98 Å². The maximum atomic E-state index is 12.1. The summed E-state index contributed by atoms with van der Waals surface area (Å²) in [6, 6.07) is 5.05. The Labute approximate surface area is 125 Å². The number of carbonyl (C=O) groups excluding carboxylic acids is 1. The number of hydrogen-bond donors (Lipinski definition) is 2. The molecular weight excluding hydrogens is 290 g/mol. The van der Waals surface area contributed by atoms with Crippen molar-refractivity contribution in [3.63, 3.8) is 0 Å². The van der Waals surface area contributed by atoms with Crippen LogP contribution in [0.5, 0.6) is 5.88 Å². The van der Waals surface area contributed by atoms with Gasteiger partial charge in [-0.3, -0.25) is 10.1 Å². The van der Waals surface area contributed by atoms with Crippen molar-refractivity contribution in [3.05, 3.63) is 33.6 Å². The molecule has 0 bridgehead atoms. The minimum absolute atomic E-state index is 0.188. The number of aliphatic hydroxyl groups is 1. The number of rotatable bonds is 3. The highest BCUT2D eigenvalue weighted by molar-refractivity contribution is 7.14. The van der Waals surface area contributed by atoms with Crippen molar-refractivity contribution < 1.29 is 14.6 Å². The van der Waals surface area contributed by atoms with E-state index in [4.69, 9.17) is 9.84 Å². The number of hydrogen-bond acceptors (Lipinski definition) is 6. The van der Waals surface area contributed by atoms with Gasteiger partial charge in [0.25, 0.3) is 5.91 Å². The molecule has 2 aromatic rings. The van der Waals surface area contributed by atoms with E-state index in [1.807, 2.05) is 0 Å². The predicted octanol–water partition coefficient (Wildman–Crippen LogP) is 1.45. The molecule has 1 amide bonds. The van der Waals surface area contributed by atoms with Crippen LogP contribution in [0.3, 0.4) is 0 Å². The minimum atomic E-state index is -0.315. The molecule has 7 heteroatoms. The Balaban J connectivity index is 2.14. The van der Waals surface area contributed by atoms with Crippen molar-refractivity contribution in [1.82, 2.24) is 9.97 Å². The second-order valence-electron chi connectivity index (χ2n) is 3.95. The highest BCUT2D eigenvalue weighted by Gasteiger charge is 2.11. The Morgan fingerprint density at radius 2 is 2.29 bits per heavy atom. The molecule has 0 spiro atoms. The van der Waals surface area contributed by atoms with Crippen molar-refractivity contribution >= 4 is 23.2 Å². The van der Waals surface area contributed by atoms with E-state index in [0.717, 1.165) is 0 Å². The van der Waals surface area contributed by atoms with Gasteiger partial charge in [-0.15, -0.1) is 11.3 Å². The Bertz CT molecular complexity index is 716. The molecular formula is C14H13N3O3S. The Morgan fingerprint density at radius 3 is 3.00 bits per heavy atom. The molecule has 2 heterocycles. The Morgan fingerprint density at radius 1 is 1.48 bits per heavy atom. The van der Waals surface area contributed by atoms with Crippen LogP contribution in [-0.2, 0) is 0 Å². The molecule has 6 nitrogen and oxygen atoms in total. The number of aliphatic hydroxyl groups excluding tert-OH is 1. The van der Waals surface area contributed by atoms with Crippen LogP contribution in [0.15, 0.2) is 18.2 Å². The summed E-state index contributed by atoms with van der Waals surface area (Å²) in [7, 11) is 1.50. The third-order valence-electron chi connectivity index (χ3n) is 2.39. The highest BCUT2D eigenvalue weighted by Crippen LogP contribution is 2.17.